The summed E-state index contributed by atoms with van der Waals surface area (Å²) in [5.74, 6) is -0.814. The van der Waals surface area contributed by atoms with Crippen LogP contribution >= 0.6 is 0 Å². The van der Waals surface area contributed by atoms with Crippen LogP contribution in [0, 0.1) is 6.92 Å². The molecular weight excluding hydrogens is 378 g/mol. The van der Waals surface area contributed by atoms with Gasteiger partial charge in [-0.25, -0.2) is 4.79 Å². The van der Waals surface area contributed by atoms with Crippen LogP contribution < -0.4 is 21.9 Å². The number of nitrogens with zero attached hydrogens (tertiary/aromatic N) is 3. The number of nitrogens with two attached hydrogens (primary N) is 1. The molecule has 2 aromatic heterocycles. The van der Waals surface area contributed by atoms with E-state index in [1.54, 1.807) is 6.92 Å². The maximum atomic E-state index is 13.0. The molecule has 152 valence electrons. The van der Waals surface area contributed by atoms with Gasteiger partial charge in [-0.15, -0.1) is 0 Å². The first-order valence-corrected chi connectivity index (χ1v) is 8.83. The first kappa shape index (κ1) is 20.1. The van der Waals surface area contributed by atoms with E-state index in [4.69, 9.17) is 15.0 Å². The van der Waals surface area contributed by atoms with Crippen molar-refractivity contribution in [3.8, 4) is 0 Å². The molecule has 29 heavy (non-hydrogen) atoms. The average Bonchev–Trinajstić information content (AvgIpc) is 3.14. The maximum Gasteiger partial charge on any atom is 0.330 e. The number of rotatable bonds is 7. The summed E-state index contributed by atoms with van der Waals surface area (Å²) < 4.78 is 11.3. The summed E-state index contributed by atoms with van der Waals surface area (Å²) in [6.07, 6.45) is 0. The minimum atomic E-state index is -0.780. The molecule has 0 atom stereocenters. The summed E-state index contributed by atoms with van der Waals surface area (Å²) >= 11 is 0. The number of nitrogens with one attached hydrogen (secondary N) is 1. The monoisotopic (exact) mass is 399 g/mol. The summed E-state index contributed by atoms with van der Waals surface area (Å²) in [6, 6.07) is 10.6. The molecule has 0 fully saturated rings. The van der Waals surface area contributed by atoms with Crippen molar-refractivity contribution in [1.82, 2.24) is 14.7 Å². The zero-order chi connectivity index (χ0) is 21.0. The molecule has 0 radical (unpaired) electrons. The zero-order valence-corrected chi connectivity index (χ0v) is 16.0. The van der Waals surface area contributed by atoms with E-state index >= 15 is 0 Å². The van der Waals surface area contributed by atoms with Crippen LogP contribution in [0.5, 0.6) is 0 Å². The summed E-state index contributed by atoms with van der Waals surface area (Å²) in [5, 5.41) is 3.70. The van der Waals surface area contributed by atoms with Gasteiger partial charge in [0.05, 0.1) is 25.4 Å². The lowest BCUT2D eigenvalue weighted by atomic mass is 10.2. The highest BCUT2D eigenvalue weighted by Crippen LogP contribution is 2.20. The molecule has 1 aromatic carbocycles. The Balaban J connectivity index is 2.09. The molecule has 0 saturated heterocycles. The molecule has 2 heterocycles. The number of H-pyrrole nitrogens is 1. The molecule has 0 aliphatic heterocycles. The van der Waals surface area contributed by atoms with Crippen molar-refractivity contribution in [3.05, 3.63) is 74.3 Å². The van der Waals surface area contributed by atoms with Crippen molar-refractivity contribution < 1.29 is 14.1 Å². The van der Waals surface area contributed by atoms with Gasteiger partial charge in [0.2, 0.25) is 5.76 Å². The fourth-order valence-electron chi connectivity index (χ4n) is 2.86. The van der Waals surface area contributed by atoms with Crippen LogP contribution in [0.2, 0.25) is 0 Å². The van der Waals surface area contributed by atoms with Gasteiger partial charge in [-0.2, -0.15) is 0 Å². The number of carbonyl (C=O) groups excluding carboxylic acids is 1. The molecule has 1 amide bonds. The molecule has 10 nitrogen and oxygen atoms in total. The third-order valence-corrected chi connectivity index (χ3v) is 4.27. The molecule has 3 N–H and O–H groups in total. The highest BCUT2D eigenvalue weighted by Gasteiger charge is 2.27. The Labute approximate surface area is 165 Å². The van der Waals surface area contributed by atoms with Crippen molar-refractivity contribution in [2.75, 3.05) is 30.9 Å². The van der Waals surface area contributed by atoms with E-state index in [1.165, 1.54) is 17.7 Å². The van der Waals surface area contributed by atoms with Gasteiger partial charge in [0.1, 0.15) is 5.82 Å². The highest BCUT2D eigenvalue weighted by molar-refractivity contribution is 6.05. The van der Waals surface area contributed by atoms with E-state index in [2.05, 4.69) is 10.1 Å². The fourth-order valence-corrected chi connectivity index (χ4v) is 2.86. The lowest BCUT2D eigenvalue weighted by molar-refractivity contribution is 0.0940. The van der Waals surface area contributed by atoms with E-state index in [1.807, 2.05) is 30.3 Å². The number of hydrogen-bond donors (Lipinski definition) is 2. The highest BCUT2D eigenvalue weighted by atomic mass is 16.5. The number of hydrogen-bond acceptors (Lipinski definition) is 7. The SMILES string of the molecule is COCCN(C(=O)c1cc(C)no1)c1c(N)n(Cc2ccccc2)c(=O)[nH]c1=O. The van der Waals surface area contributed by atoms with Crippen molar-refractivity contribution in [3.63, 3.8) is 0 Å². The quantitative estimate of drug-likeness (QED) is 0.598. The van der Waals surface area contributed by atoms with Gasteiger partial charge in [0, 0.05) is 13.2 Å². The minimum absolute atomic E-state index is 0.0197. The van der Waals surface area contributed by atoms with E-state index < -0.39 is 17.2 Å². The number of methoxy groups -OCH3 is 1. The number of aryl methyl sites for hydroxylation is 1. The average molecular weight is 399 g/mol. The van der Waals surface area contributed by atoms with Crippen molar-refractivity contribution in [1.29, 1.82) is 0 Å². The second kappa shape index (κ2) is 8.57. The molecule has 0 aliphatic rings. The Morgan fingerprint density at radius 1 is 1.31 bits per heavy atom. The predicted molar refractivity (Wildman–Crippen MR) is 106 cm³/mol. The smallest absolute Gasteiger partial charge is 0.330 e. The van der Waals surface area contributed by atoms with Crippen LogP contribution in [-0.4, -0.2) is 40.9 Å². The number of benzene rings is 1. The molecule has 0 bridgehead atoms. The molecule has 0 aliphatic carbocycles. The van der Waals surface area contributed by atoms with E-state index in [-0.39, 0.29) is 37.0 Å². The number of aromatic nitrogens is 3. The van der Waals surface area contributed by atoms with Gasteiger partial charge in [-0.1, -0.05) is 35.5 Å². The lowest BCUT2D eigenvalue weighted by Crippen LogP contribution is -2.42. The number of amides is 1. The zero-order valence-electron chi connectivity index (χ0n) is 16.0. The first-order chi connectivity index (χ1) is 13.9. The van der Waals surface area contributed by atoms with Crippen molar-refractivity contribution >= 4 is 17.4 Å². The summed E-state index contributed by atoms with van der Waals surface area (Å²) in [7, 11) is 1.46. The summed E-state index contributed by atoms with van der Waals surface area (Å²) in [4.78, 5) is 41.3. The van der Waals surface area contributed by atoms with Crippen LogP contribution in [0.4, 0.5) is 11.5 Å². The minimum Gasteiger partial charge on any atom is -0.383 e. The second-order valence-electron chi connectivity index (χ2n) is 6.35. The van der Waals surface area contributed by atoms with E-state index in [9.17, 15) is 14.4 Å². The Morgan fingerprint density at radius 2 is 2.03 bits per heavy atom. The van der Waals surface area contributed by atoms with Crippen LogP contribution in [0.25, 0.3) is 0 Å². The molecule has 0 unspecified atom stereocenters. The Morgan fingerprint density at radius 3 is 2.66 bits per heavy atom. The van der Waals surface area contributed by atoms with Crippen LogP contribution in [-0.2, 0) is 11.3 Å². The summed E-state index contributed by atoms with van der Waals surface area (Å²) in [5.41, 5.74) is 5.90. The largest absolute Gasteiger partial charge is 0.383 e. The standard InChI is InChI=1S/C19H21N5O5/c1-12-10-14(29-22-12)18(26)23(8-9-28-2)15-16(20)24(19(27)21-17(15)25)11-13-6-4-3-5-7-13/h3-7,10H,8-9,11,20H2,1-2H3,(H,21,25,27). The topological polar surface area (TPSA) is 136 Å². The first-order valence-electron chi connectivity index (χ1n) is 8.83. The number of nitrogen functional groups attached to an aromatic ring is 1. The van der Waals surface area contributed by atoms with Gasteiger partial charge in [0.15, 0.2) is 5.69 Å². The molecular formula is C19H21N5O5. The van der Waals surface area contributed by atoms with E-state index in [0.29, 0.717) is 5.69 Å². The lowest BCUT2D eigenvalue weighted by Gasteiger charge is -2.23. The summed E-state index contributed by atoms with van der Waals surface area (Å²) in [6.45, 7) is 1.95. The molecule has 0 saturated carbocycles. The van der Waals surface area contributed by atoms with E-state index in [0.717, 1.165) is 10.5 Å². The number of aromatic amines is 1. The van der Waals surface area contributed by atoms with Gasteiger partial charge in [-0.05, 0) is 12.5 Å². The Bertz CT molecular complexity index is 1120. The van der Waals surface area contributed by atoms with Gasteiger partial charge < -0.3 is 15.0 Å². The molecule has 10 heteroatoms. The normalized spacial score (nSPS) is 10.8. The molecule has 3 aromatic rings. The van der Waals surface area contributed by atoms with Gasteiger partial charge >= 0.3 is 5.69 Å². The number of carbonyl (C=O) groups is 1. The van der Waals surface area contributed by atoms with Gasteiger partial charge in [0.25, 0.3) is 11.5 Å². The maximum absolute atomic E-state index is 13.0. The second-order valence-corrected chi connectivity index (χ2v) is 6.35. The van der Waals surface area contributed by atoms with Crippen molar-refractivity contribution in [2.45, 2.75) is 13.5 Å². The Hall–Kier alpha value is -3.66. The number of ether oxygens (including phenoxy) is 1. The van der Waals surface area contributed by atoms with Crippen LogP contribution in [0.3, 0.4) is 0 Å². The molecule has 3 rings (SSSR count). The van der Waals surface area contributed by atoms with Crippen LogP contribution in [0.15, 0.2) is 50.5 Å². The molecule has 0 spiro atoms. The van der Waals surface area contributed by atoms with Crippen molar-refractivity contribution in [2.24, 2.45) is 0 Å². The Kier molecular flexibility index (Phi) is 5.93. The van der Waals surface area contributed by atoms with Gasteiger partial charge in [-0.3, -0.25) is 24.0 Å². The third kappa shape index (κ3) is 4.27. The number of anilines is 2. The predicted octanol–water partition coefficient (Wildman–Crippen LogP) is 0.757. The fraction of sp³-hybridized carbons (Fsp3) is 0.263. The van der Waals surface area contributed by atoms with Crippen LogP contribution in [0.1, 0.15) is 21.8 Å². The third-order valence-electron chi connectivity index (χ3n) is 4.27.